The Hall–Kier alpha value is -2.69. The highest BCUT2D eigenvalue weighted by atomic mass is 28.4. The molecule has 0 fully saturated rings. The number of allylic oxidation sites excluding steroid dienone is 1. The van der Waals surface area contributed by atoms with Crippen LogP contribution in [0.2, 0.25) is 18.1 Å². The summed E-state index contributed by atoms with van der Waals surface area (Å²) in [6.45, 7) is 15.4. The summed E-state index contributed by atoms with van der Waals surface area (Å²) in [5, 5.41) is 0.112. The lowest BCUT2D eigenvalue weighted by molar-refractivity contribution is 0.0447. The molecule has 0 aliphatic carbocycles. The van der Waals surface area contributed by atoms with Gasteiger partial charge in [-0.25, -0.2) is 0 Å². The van der Waals surface area contributed by atoms with Crippen LogP contribution in [0.4, 0.5) is 0 Å². The Bertz CT molecular complexity index is 956. The van der Waals surface area contributed by atoms with Crippen LogP contribution in [0.15, 0.2) is 49.1 Å². The van der Waals surface area contributed by atoms with E-state index in [1.165, 1.54) is 19.8 Å². The van der Waals surface area contributed by atoms with Crippen LogP contribution in [0, 0.1) is 0 Å². The number of benzene rings is 2. The molecule has 9 heteroatoms. The van der Waals surface area contributed by atoms with Crippen LogP contribution in [0.1, 0.15) is 42.3 Å². The van der Waals surface area contributed by atoms with Gasteiger partial charge in [0, 0.05) is 21.3 Å². The maximum absolute atomic E-state index is 11.5. The molecule has 0 unspecified atom stereocenters. The third-order valence-electron chi connectivity index (χ3n) is 5.97. The first kappa shape index (κ1) is 33.3. The highest BCUT2D eigenvalue weighted by molar-refractivity contribution is 6.74. The molecule has 2 aromatic rings. The fraction of sp³-hybridized carbons (Fsp3) is 0.483. The lowest BCUT2D eigenvalue weighted by Gasteiger charge is -2.36. The van der Waals surface area contributed by atoms with Crippen molar-refractivity contribution in [3.05, 3.63) is 65.7 Å². The van der Waals surface area contributed by atoms with Crippen LogP contribution in [0.3, 0.4) is 0 Å². The van der Waals surface area contributed by atoms with Crippen molar-refractivity contribution in [2.45, 2.75) is 51.9 Å². The van der Waals surface area contributed by atoms with E-state index in [0.717, 1.165) is 17.7 Å². The topological polar surface area (TPSA) is 81.7 Å². The van der Waals surface area contributed by atoms with Gasteiger partial charge in [-0.3, -0.25) is 4.79 Å². The molecule has 0 N–H and O–H groups in total. The Morgan fingerprint density at radius 3 is 1.87 bits per heavy atom. The minimum absolute atomic E-state index is 0.0388. The van der Waals surface area contributed by atoms with E-state index in [-0.39, 0.29) is 25.4 Å². The van der Waals surface area contributed by atoms with Gasteiger partial charge >= 0.3 is 0 Å². The number of methoxy groups -OCH3 is 3. The van der Waals surface area contributed by atoms with E-state index in [1.807, 2.05) is 30.3 Å². The second-order valence-electron chi connectivity index (χ2n) is 9.97. The van der Waals surface area contributed by atoms with Crippen LogP contribution in [-0.4, -0.2) is 56.3 Å². The Kier molecular flexibility index (Phi) is 14.9. The van der Waals surface area contributed by atoms with E-state index in [4.69, 9.17) is 32.8 Å². The van der Waals surface area contributed by atoms with Gasteiger partial charge in [0.15, 0.2) is 35.0 Å². The van der Waals surface area contributed by atoms with Gasteiger partial charge in [0.25, 0.3) is 0 Å². The van der Waals surface area contributed by atoms with Crippen molar-refractivity contribution in [2.75, 3.05) is 41.7 Å². The maximum Gasteiger partial charge on any atom is 0.192 e. The standard InChI is InChI=1S/C18H30O6Si.C11H14O2/c1-18(2,3)25(6,7)24-11-14-8-16(22-12-20-4)15(10-19)17(9-14)23-13-21-5;1-3-5-10-6-4-7-11(8-10)13-9-12-2/h8-10H,11-13H2,1-7H3;3-4,6-8H,1,5,9H2,2H3. The molecule has 0 amide bonds. The van der Waals surface area contributed by atoms with Gasteiger partial charge < -0.3 is 32.8 Å². The molecule has 38 heavy (non-hydrogen) atoms. The summed E-state index contributed by atoms with van der Waals surface area (Å²) >= 11 is 0. The molecule has 0 saturated carbocycles. The third-order valence-corrected chi connectivity index (χ3v) is 10.5. The number of rotatable bonds is 15. The van der Waals surface area contributed by atoms with Gasteiger partial charge in [0.05, 0.1) is 12.2 Å². The average Bonchev–Trinajstić information content (AvgIpc) is 2.88. The zero-order valence-corrected chi connectivity index (χ0v) is 25.1. The van der Waals surface area contributed by atoms with Crippen LogP contribution in [0.25, 0.3) is 0 Å². The minimum atomic E-state index is -1.90. The summed E-state index contributed by atoms with van der Waals surface area (Å²) < 4.78 is 37.3. The van der Waals surface area contributed by atoms with Crippen LogP contribution < -0.4 is 14.2 Å². The number of ether oxygens (including phenoxy) is 6. The number of hydrogen-bond donors (Lipinski definition) is 0. The van der Waals surface area contributed by atoms with Gasteiger partial charge in [-0.1, -0.05) is 39.0 Å². The summed E-state index contributed by atoms with van der Waals surface area (Å²) in [4.78, 5) is 11.5. The molecule has 0 aliphatic heterocycles. The number of carbonyl (C=O) groups is 1. The van der Waals surface area contributed by atoms with Crippen LogP contribution in [-0.2, 0) is 31.7 Å². The summed E-state index contributed by atoms with van der Waals surface area (Å²) in [5.74, 6) is 1.64. The highest BCUT2D eigenvalue weighted by Gasteiger charge is 2.37. The molecule has 0 atom stereocenters. The Morgan fingerprint density at radius 2 is 1.39 bits per heavy atom. The highest BCUT2D eigenvalue weighted by Crippen LogP contribution is 2.38. The molecule has 0 spiro atoms. The SMILES string of the molecule is C=CCc1cccc(OCOC)c1.COCOc1cc(CO[Si](C)(C)C(C)(C)C)cc(OCOC)c1C=O. The van der Waals surface area contributed by atoms with E-state index in [0.29, 0.717) is 30.0 Å². The Balaban J connectivity index is 0.000000464. The molecule has 0 aliphatic rings. The van der Waals surface area contributed by atoms with E-state index >= 15 is 0 Å². The molecule has 0 saturated heterocycles. The molecular formula is C29H44O8Si. The quantitative estimate of drug-likeness (QED) is 0.110. The second-order valence-corrected chi connectivity index (χ2v) is 14.8. The molecule has 8 nitrogen and oxygen atoms in total. The second kappa shape index (κ2) is 17.0. The zero-order chi connectivity index (χ0) is 28.6. The first-order valence-electron chi connectivity index (χ1n) is 12.3. The number of hydrogen-bond acceptors (Lipinski definition) is 8. The summed E-state index contributed by atoms with van der Waals surface area (Å²) in [6.07, 6.45) is 3.44. The average molecular weight is 549 g/mol. The maximum atomic E-state index is 11.5. The Labute approximate surface area is 228 Å². The third kappa shape index (κ3) is 11.4. The van der Waals surface area contributed by atoms with Crippen molar-refractivity contribution in [1.29, 1.82) is 0 Å². The fourth-order valence-corrected chi connectivity index (χ4v) is 3.84. The smallest absolute Gasteiger partial charge is 0.192 e. The normalized spacial score (nSPS) is 11.3. The summed E-state index contributed by atoms with van der Waals surface area (Å²) in [5.41, 5.74) is 2.39. The van der Waals surface area contributed by atoms with Crippen molar-refractivity contribution < 1.29 is 37.6 Å². The van der Waals surface area contributed by atoms with Crippen molar-refractivity contribution in [3.8, 4) is 17.2 Å². The largest absolute Gasteiger partial charge is 0.468 e. The minimum Gasteiger partial charge on any atom is -0.468 e. The van der Waals surface area contributed by atoms with Gasteiger partial charge in [0.1, 0.15) is 17.2 Å². The van der Waals surface area contributed by atoms with Gasteiger partial charge in [-0.2, -0.15) is 0 Å². The predicted octanol–water partition coefficient (Wildman–Crippen LogP) is 6.38. The molecule has 212 valence electrons. The lowest BCUT2D eigenvalue weighted by atomic mass is 10.1. The number of aldehydes is 1. The molecule has 0 radical (unpaired) electrons. The first-order valence-corrected chi connectivity index (χ1v) is 15.2. The van der Waals surface area contributed by atoms with Crippen LogP contribution in [0.5, 0.6) is 17.2 Å². The van der Waals surface area contributed by atoms with Crippen molar-refractivity contribution in [3.63, 3.8) is 0 Å². The summed E-state index contributed by atoms with van der Waals surface area (Å²) in [7, 11) is 2.75. The van der Waals surface area contributed by atoms with Crippen molar-refractivity contribution in [2.24, 2.45) is 0 Å². The summed E-state index contributed by atoms with van der Waals surface area (Å²) in [6, 6.07) is 11.5. The first-order chi connectivity index (χ1) is 18.0. The van der Waals surface area contributed by atoms with Crippen molar-refractivity contribution in [1.82, 2.24) is 0 Å². The zero-order valence-electron chi connectivity index (χ0n) is 24.1. The molecule has 0 aromatic heterocycles. The molecule has 0 heterocycles. The van der Waals surface area contributed by atoms with Gasteiger partial charge in [-0.15, -0.1) is 6.58 Å². The monoisotopic (exact) mass is 548 g/mol. The van der Waals surface area contributed by atoms with E-state index < -0.39 is 8.32 Å². The van der Waals surface area contributed by atoms with E-state index in [1.54, 1.807) is 19.2 Å². The van der Waals surface area contributed by atoms with Gasteiger partial charge in [-0.05, 0) is 59.9 Å². The Morgan fingerprint density at radius 1 is 0.842 bits per heavy atom. The van der Waals surface area contributed by atoms with Gasteiger partial charge in [0.2, 0.25) is 0 Å². The van der Waals surface area contributed by atoms with Crippen LogP contribution >= 0.6 is 0 Å². The number of carbonyl (C=O) groups excluding carboxylic acids is 1. The lowest BCUT2D eigenvalue weighted by Crippen LogP contribution is -2.40. The van der Waals surface area contributed by atoms with Crippen molar-refractivity contribution >= 4 is 14.6 Å². The van der Waals surface area contributed by atoms with E-state index in [2.05, 4.69) is 40.4 Å². The molecule has 0 bridgehead atoms. The molecular weight excluding hydrogens is 504 g/mol. The van der Waals surface area contributed by atoms with E-state index in [9.17, 15) is 4.79 Å². The fourth-order valence-electron chi connectivity index (χ4n) is 2.87. The predicted molar refractivity (Wildman–Crippen MR) is 152 cm³/mol. The molecule has 2 rings (SSSR count). The molecule has 2 aromatic carbocycles.